The molecule has 33 heavy (non-hydrogen) atoms. The maximum atomic E-state index is 12.9. The van der Waals surface area contributed by atoms with Gasteiger partial charge in [0.25, 0.3) is 5.91 Å². The van der Waals surface area contributed by atoms with Crippen LogP contribution in [0.25, 0.3) is 0 Å². The van der Waals surface area contributed by atoms with Crippen LogP contribution in [0.1, 0.15) is 41.6 Å². The van der Waals surface area contributed by atoms with E-state index >= 15 is 0 Å². The van der Waals surface area contributed by atoms with E-state index in [1.807, 2.05) is 24.3 Å². The Morgan fingerprint density at radius 1 is 1.09 bits per heavy atom. The van der Waals surface area contributed by atoms with Crippen molar-refractivity contribution >= 4 is 11.9 Å². The molecule has 4 heterocycles. The molecule has 1 fully saturated rings. The minimum Gasteiger partial charge on any atom is -0.497 e. The highest BCUT2D eigenvalue weighted by Crippen LogP contribution is 2.33. The maximum absolute atomic E-state index is 12.9. The molecule has 3 aromatic rings. The summed E-state index contributed by atoms with van der Waals surface area (Å²) in [5.41, 5.74) is 1.76. The molecule has 0 atom stereocenters. The molecular weight excluding hydrogens is 420 g/mol. The van der Waals surface area contributed by atoms with Crippen molar-refractivity contribution in [1.82, 2.24) is 14.9 Å². The fourth-order valence-electron chi connectivity index (χ4n) is 4.31. The van der Waals surface area contributed by atoms with E-state index in [1.165, 1.54) is 6.26 Å². The van der Waals surface area contributed by atoms with Gasteiger partial charge in [-0.15, -0.1) is 0 Å². The number of piperidine rings is 1. The van der Waals surface area contributed by atoms with Crippen LogP contribution in [0.5, 0.6) is 17.4 Å². The van der Waals surface area contributed by atoms with Gasteiger partial charge >= 0.3 is 0 Å². The molecule has 2 aromatic heterocycles. The van der Waals surface area contributed by atoms with E-state index in [-0.39, 0.29) is 5.91 Å². The monoisotopic (exact) mass is 448 g/mol. The van der Waals surface area contributed by atoms with Crippen LogP contribution in [-0.2, 0) is 13.0 Å². The molecule has 0 N–H and O–H groups in total. The molecule has 2 aliphatic heterocycles. The molecule has 0 aliphatic carbocycles. The number of hydrogen-bond acceptors (Lipinski definition) is 7. The zero-order valence-electron chi connectivity index (χ0n) is 19.0. The number of carbonyl (C=O) groups excluding carboxylic acids is 1. The number of rotatable bonds is 5. The number of methoxy groups -OCH3 is 1. The van der Waals surface area contributed by atoms with Gasteiger partial charge < -0.3 is 23.7 Å². The van der Waals surface area contributed by atoms with Crippen LogP contribution in [0.2, 0.25) is 0 Å². The lowest BCUT2D eigenvalue weighted by molar-refractivity contribution is 0.0699. The molecule has 5 rings (SSSR count). The van der Waals surface area contributed by atoms with Crippen molar-refractivity contribution in [3.8, 4) is 17.4 Å². The number of aromatic nitrogens is 2. The van der Waals surface area contributed by atoms with Crippen molar-refractivity contribution in [3.63, 3.8) is 0 Å². The minimum atomic E-state index is -0.146. The van der Waals surface area contributed by atoms with Gasteiger partial charge in [0.2, 0.25) is 11.8 Å². The van der Waals surface area contributed by atoms with E-state index in [2.05, 4.69) is 11.8 Å². The quantitative estimate of drug-likeness (QED) is 0.575. The van der Waals surface area contributed by atoms with E-state index in [0.29, 0.717) is 54.5 Å². The summed E-state index contributed by atoms with van der Waals surface area (Å²) in [5.74, 6) is 3.41. The van der Waals surface area contributed by atoms with E-state index in [0.717, 1.165) is 37.2 Å². The van der Waals surface area contributed by atoms with Crippen LogP contribution in [0.15, 0.2) is 47.1 Å². The SMILES string of the molecule is COc1cccc(Oc2nc(N3CCC(C)CC3)nc3c2CN(C(=O)c2ccco2)CC3)c1. The number of amides is 1. The van der Waals surface area contributed by atoms with E-state index in [9.17, 15) is 4.79 Å². The third kappa shape index (κ3) is 4.51. The summed E-state index contributed by atoms with van der Waals surface area (Å²) in [6.45, 7) is 5.08. The Morgan fingerprint density at radius 2 is 1.91 bits per heavy atom. The lowest BCUT2D eigenvalue weighted by Gasteiger charge is -2.33. The average Bonchev–Trinajstić information content (AvgIpc) is 3.39. The van der Waals surface area contributed by atoms with Crippen LogP contribution in [0, 0.1) is 5.92 Å². The molecule has 8 heteroatoms. The average molecular weight is 449 g/mol. The van der Waals surface area contributed by atoms with Crippen LogP contribution in [0.3, 0.4) is 0 Å². The van der Waals surface area contributed by atoms with Crippen molar-refractivity contribution in [1.29, 1.82) is 0 Å². The lowest BCUT2D eigenvalue weighted by atomic mass is 9.99. The fourth-order valence-corrected chi connectivity index (χ4v) is 4.31. The Balaban J connectivity index is 1.48. The summed E-state index contributed by atoms with van der Waals surface area (Å²) < 4.78 is 16.9. The zero-order chi connectivity index (χ0) is 22.8. The first-order valence-corrected chi connectivity index (χ1v) is 11.4. The number of benzene rings is 1. The molecule has 1 aromatic carbocycles. The molecule has 0 spiro atoms. The van der Waals surface area contributed by atoms with Gasteiger partial charge in [-0.3, -0.25) is 4.79 Å². The standard InChI is InChI=1S/C25H28N4O4/c1-17-8-11-28(12-9-17)25-26-21-10-13-29(24(30)22-7-4-14-32-22)16-20(21)23(27-25)33-19-6-3-5-18(15-19)31-2/h3-7,14-15,17H,8-13,16H2,1-2H3. The first-order chi connectivity index (χ1) is 16.1. The molecule has 1 saturated heterocycles. The summed E-state index contributed by atoms with van der Waals surface area (Å²) in [7, 11) is 1.62. The third-order valence-corrected chi connectivity index (χ3v) is 6.35. The Bertz CT molecular complexity index is 1120. The van der Waals surface area contributed by atoms with E-state index in [1.54, 1.807) is 24.1 Å². The van der Waals surface area contributed by atoms with E-state index in [4.69, 9.17) is 23.9 Å². The van der Waals surface area contributed by atoms with Crippen LogP contribution in [0.4, 0.5) is 5.95 Å². The minimum absolute atomic E-state index is 0.146. The second kappa shape index (κ2) is 9.13. The highest BCUT2D eigenvalue weighted by atomic mass is 16.5. The first kappa shape index (κ1) is 21.3. The van der Waals surface area contributed by atoms with Crippen LogP contribution >= 0.6 is 0 Å². The topological polar surface area (TPSA) is 80.9 Å². The van der Waals surface area contributed by atoms with Crippen molar-refractivity contribution in [3.05, 3.63) is 59.7 Å². The fraction of sp³-hybridized carbons (Fsp3) is 0.400. The van der Waals surface area contributed by atoms with Gasteiger partial charge in [0.05, 0.1) is 31.2 Å². The second-order valence-electron chi connectivity index (χ2n) is 8.66. The zero-order valence-corrected chi connectivity index (χ0v) is 19.0. The normalized spacial score (nSPS) is 16.4. The van der Waals surface area contributed by atoms with Gasteiger partial charge in [0.15, 0.2) is 5.76 Å². The van der Waals surface area contributed by atoms with Gasteiger partial charge in [-0.1, -0.05) is 13.0 Å². The first-order valence-electron chi connectivity index (χ1n) is 11.4. The number of ether oxygens (including phenoxy) is 2. The summed E-state index contributed by atoms with van der Waals surface area (Å²) in [6.07, 6.45) is 4.39. The van der Waals surface area contributed by atoms with Gasteiger partial charge in [0.1, 0.15) is 11.5 Å². The van der Waals surface area contributed by atoms with Crippen molar-refractivity contribution in [2.24, 2.45) is 5.92 Å². The van der Waals surface area contributed by atoms with Crippen molar-refractivity contribution < 1.29 is 18.7 Å². The van der Waals surface area contributed by atoms with Crippen LogP contribution in [-0.4, -0.2) is 47.5 Å². The highest BCUT2D eigenvalue weighted by molar-refractivity contribution is 5.91. The molecule has 0 unspecified atom stereocenters. The molecule has 2 aliphatic rings. The van der Waals surface area contributed by atoms with Crippen LogP contribution < -0.4 is 14.4 Å². The molecule has 0 radical (unpaired) electrons. The van der Waals surface area contributed by atoms with Crippen molar-refractivity contribution in [2.45, 2.75) is 32.7 Å². The highest BCUT2D eigenvalue weighted by Gasteiger charge is 2.30. The summed E-state index contributed by atoms with van der Waals surface area (Å²) in [5, 5.41) is 0. The number of hydrogen-bond donors (Lipinski definition) is 0. The maximum Gasteiger partial charge on any atom is 0.289 e. The van der Waals surface area contributed by atoms with Gasteiger partial charge in [-0.05, 0) is 43.0 Å². The number of carbonyl (C=O) groups is 1. The molecule has 0 bridgehead atoms. The number of anilines is 1. The smallest absolute Gasteiger partial charge is 0.289 e. The van der Waals surface area contributed by atoms with Gasteiger partial charge in [-0.2, -0.15) is 4.98 Å². The molecular formula is C25H28N4O4. The largest absolute Gasteiger partial charge is 0.497 e. The third-order valence-electron chi connectivity index (χ3n) is 6.35. The predicted octanol–water partition coefficient (Wildman–Crippen LogP) is 4.31. The molecule has 1 amide bonds. The summed E-state index contributed by atoms with van der Waals surface area (Å²) in [6, 6.07) is 10.8. The second-order valence-corrected chi connectivity index (χ2v) is 8.66. The Labute approximate surface area is 193 Å². The molecule has 172 valence electrons. The molecule has 8 nitrogen and oxygen atoms in total. The Morgan fingerprint density at radius 3 is 2.67 bits per heavy atom. The number of furan rings is 1. The Hall–Kier alpha value is -3.55. The van der Waals surface area contributed by atoms with Gasteiger partial charge in [-0.25, -0.2) is 4.98 Å². The molecule has 0 saturated carbocycles. The van der Waals surface area contributed by atoms with Crippen molar-refractivity contribution in [2.75, 3.05) is 31.6 Å². The summed E-state index contributed by atoms with van der Waals surface area (Å²) in [4.78, 5) is 26.6. The predicted molar refractivity (Wildman–Crippen MR) is 123 cm³/mol. The lowest BCUT2D eigenvalue weighted by Crippen LogP contribution is -2.38. The van der Waals surface area contributed by atoms with Gasteiger partial charge in [0, 0.05) is 32.1 Å². The number of nitrogens with zero attached hydrogens (tertiary/aromatic N) is 4. The number of fused-ring (bicyclic) bond motifs is 1. The van der Waals surface area contributed by atoms with E-state index < -0.39 is 0 Å². The summed E-state index contributed by atoms with van der Waals surface area (Å²) >= 11 is 0. The Kier molecular flexibility index (Phi) is 5.90.